The van der Waals surface area contributed by atoms with Gasteiger partial charge in [-0.1, -0.05) is 244 Å². The summed E-state index contributed by atoms with van der Waals surface area (Å²) < 4.78 is 0. The lowest BCUT2D eigenvalue weighted by Crippen LogP contribution is -2.20. The van der Waals surface area contributed by atoms with Crippen LogP contribution in [-0.4, -0.2) is 16.7 Å². The fraction of sp³-hybridized carbons (Fsp3) is 0.891. The smallest absolute Gasteiger partial charge is 0.245 e. The van der Waals surface area contributed by atoms with Crippen LogP contribution in [0.4, 0.5) is 0 Å². The third-order valence-electron chi connectivity index (χ3n) is 10.4. The first-order chi connectivity index (χ1) is 24.3. The van der Waals surface area contributed by atoms with Gasteiger partial charge in [0.2, 0.25) is 5.91 Å². The van der Waals surface area contributed by atoms with Gasteiger partial charge in [-0.05, 0) is 25.7 Å². The molecule has 0 aliphatic rings. The molecule has 0 saturated carbocycles. The highest BCUT2D eigenvalue weighted by molar-refractivity contribution is 6.27. The molecule has 0 saturated heterocycles. The van der Waals surface area contributed by atoms with Crippen LogP contribution in [0.3, 0.4) is 0 Å². The van der Waals surface area contributed by atoms with Crippen molar-refractivity contribution in [2.45, 2.75) is 258 Å². The molecule has 0 aromatic rings. The molecule has 0 heterocycles. The second kappa shape index (κ2) is 43.4. The van der Waals surface area contributed by atoms with Crippen LogP contribution in [0.15, 0.2) is 24.6 Å². The van der Waals surface area contributed by atoms with Gasteiger partial charge in [0.05, 0.1) is 0 Å². The molecule has 0 radical (unpaired) electrons. The van der Waals surface area contributed by atoms with E-state index in [0.29, 0.717) is 0 Å². The van der Waals surface area contributed by atoms with Crippen LogP contribution < -0.4 is 0 Å². The van der Waals surface area contributed by atoms with Crippen LogP contribution in [0.1, 0.15) is 258 Å². The molecule has 1 amide bonds. The number of halogens is 1. The molecule has 0 spiro atoms. The predicted molar refractivity (Wildman–Crippen MR) is 223 cm³/mol. The lowest BCUT2D eigenvalue weighted by molar-refractivity contribution is -0.123. The average Bonchev–Trinajstić information content (AvgIpc) is 3.11. The average molecular weight is 707 g/mol. The van der Waals surface area contributed by atoms with Crippen molar-refractivity contribution in [1.29, 1.82) is 0 Å². The maximum Gasteiger partial charge on any atom is 0.245 e. The first-order valence-corrected chi connectivity index (χ1v) is 23.0. The van der Waals surface area contributed by atoms with E-state index in [2.05, 4.69) is 26.0 Å². The van der Waals surface area contributed by atoms with E-state index >= 15 is 0 Å². The number of carbonyl (C=O) groups is 1. The highest BCUT2D eigenvalue weighted by atomic mass is 35.5. The van der Waals surface area contributed by atoms with Gasteiger partial charge in [0.25, 0.3) is 0 Å². The van der Waals surface area contributed by atoms with E-state index < -0.39 is 0 Å². The Morgan fingerprint density at radius 3 is 0.776 bits per heavy atom. The number of unbranched alkanes of at least 4 members (excludes halogenated alkanes) is 36. The van der Waals surface area contributed by atoms with Crippen molar-refractivity contribution in [2.24, 2.45) is 0 Å². The summed E-state index contributed by atoms with van der Waals surface area (Å²) >= 11 is 5.88. The van der Waals surface area contributed by atoms with Crippen LogP contribution in [0.5, 0.6) is 0 Å². The fourth-order valence-electron chi connectivity index (χ4n) is 6.99. The SMILES string of the molecule is CCCCCCCCCCCCCCCCCCCCC=CN(C=CCCCCCCCCCCCCCCCCCCCC)C(=O)CCl. The summed E-state index contributed by atoms with van der Waals surface area (Å²) in [7, 11) is 0. The number of hydrogen-bond donors (Lipinski definition) is 0. The summed E-state index contributed by atoms with van der Waals surface area (Å²) in [6.45, 7) is 4.59. The Kier molecular flexibility index (Phi) is 42.7. The number of allylic oxidation sites excluding steroid dienone is 2. The molecule has 2 nitrogen and oxygen atoms in total. The van der Waals surface area contributed by atoms with E-state index in [1.165, 1.54) is 231 Å². The molecule has 3 heteroatoms. The largest absolute Gasteiger partial charge is 0.294 e. The quantitative estimate of drug-likeness (QED) is 0.0458. The zero-order chi connectivity index (χ0) is 35.6. The van der Waals surface area contributed by atoms with Gasteiger partial charge in [-0.2, -0.15) is 0 Å². The minimum absolute atomic E-state index is 0.0348. The number of amides is 1. The van der Waals surface area contributed by atoms with Gasteiger partial charge in [-0.25, -0.2) is 0 Å². The second-order valence-corrected chi connectivity index (χ2v) is 15.6. The molecule has 49 heavy (non-hydrogen) atoms. The van der Waals surface area contributed by atoms with Crippen molar-refractivity contribution in [3.63, 3.8) is 0 Å². The van der Waals surface area contributed by atoms with Gasteiger partial charge >= 0.3 is 0 Å². The summed E-state index contributed by atoms with van der Waals surface area (Å²) in [5.41, 5.74) is 0. The second-order valence-electron chi connectivity index (χ2n) is 15.3. The summed E-state index contributed by atoms with van der Waals surface area (Å²) in [5, 5.41) is 0. The summed E-state index contributed by atoms with van der Waals surface area (Å²) in [6.07, 6.45) is 60.9. The van der Waals surface area contributed by atoms with Crippen molar-refractivity contribution in [3.8, 4) is 0 Å². The summed E-state index contributed by atoms with van der Waals surface area (Å²) in [4.78, 5) is 14.0. The van der Waals surface area contributed by atoms with E-state index in [-0.39, 0.29) is 11.8 Å². The van der Waals surface area contributed by atoms with Crippen LogP contribution in [0.2, 0.25) is 0 Å². The van der Waals surface area contributed by atoms with Crippen molar-refractivity contribution < 1.29 is 4.79 Å². The Bertz CT molecular complexity index is 639. The molecule has 0 unspecified atom stereocenters. The zero-order valence-corrected chi connectivity index (χ0v) is 34.4. The first kappa shape index (κ1) is 48.2. The van der Waals surface area contributed by atoms with Crippen molar-refractivity contribution in [3.05, 3.63) is 24.6 Å². The number of rotatable bonds is 41. The Morgan fingerprint density at radius 2 is 0.571 bits per heavy atom. The van der Waals surface area contributed by atoms with Gasteiger partial charge in [-0.3, -0.25) is 9.69 Å². The Morgan fingerprint density at radius 1 is 0.367 bits per heavy atom. The lowest BCUT2D eigenvalue weighted by atomic mass is 10.0. The molecule has 0 bridgehead atoms. The Hall–Kier alpha value is -0.760. The molecule has 0 aliphatic heterocycles. The van der Waals surface area contributed by atoms with Gasteiger partial charge in [-0.15, -0.1) is 11.6 Å². The minimum atomic E-state index is -0.0372. The van der Waals surface area contributed by atoms with Crippen molar-refractivity contribution >= 4 is 17.5 Å². The van der Waals surface area contributed by atoms with Gasteiger partial charge in [0.15, 0.2) is 0 Å². The molecule has 0 aliphatic carbocycles. The van der Waals surface area contributed by atoms with E-state index in [0.717, 1.165) is 12.8 Å². The van der Waals surface area contributed by atoms with Crippen molar-refractivity contribution in [1.82, 2.24) is 4.90 Å². The van der Waals surface area contributed by atoms with Gasteiger partial charge in [0.1, 0.15) is 5.88 Å². The molecule has 0 fully saturated rings. The number of alkyl halides is 1. The zero-order valence-electron chi connectivity index (χ0n) is 33.6. The van der Waals surface area contributed by atoms with Gasteiger partial charge < -0.3 is 0 Å². The monoisotopic (exact) mass is 706 g/mol. The minimum Gasteiger partial charge on any atom is -0.294 e. The summed E-state index contributed by atoms with van der Waals surface area (Å²) in [5.74, 6) is -0.00246. The van der Waals surface area contributed by atoms with Crippen molar-refractivity contribution in [2.75, 3.05) is 5.88 Å². The normalized spacial score (nSPS) is 11.8. The Labute approximate surface area is 314 Å². The topological polar surface area (TPSA) is 20.3 Å². The van der Waals surface area contributed by atoms with Gasteiger partial charge in [0, 0.05) is 12.4 Å². The first-order valence-electron chi connectivity index (χ1n) is 22.5. The number of carbonyl (C=O) groups excluding carboxylic acids is 1. The van der Waals surface area contributed by atoms with E-state index in [1.807, 2.05) is 12.4 Å². The molecular formula is C46H88ClNO. The number of hydrogen-bond acceptors (Lipinski definition) is 1. The molecule has 0 rings (SSSR count). The maximum atomic E-state index is 12.3. The summed E-state index contributed by atoms with van der Waals surface area (Å²) in [6, 6.07) is 0. The predicted octanol–water partition coefficient (Wildman–Crippen LogP) is 16.9. The highest BCUT2D eigenvalue weighted by Crippen LogP contribution is 2.16. The molecule has 0 aromatic carbocycles. The Balaban J connectivity index is 3.56. The van der Waals surface area contributed by atoms with Crippen LogP contribution in [0, 0.1) is 0 Å². The molecule has 290 valence electrons. The third-order valence-corrected chi connectivity index (χ3v) is 10.6. The van der Waals surface area contributed by atoms with Crippen LogP contribution in [-0.2, 0) is 4.79 Å². The number of nitrogens with zero attached hydrogens (tertiary/aromatic N) is 1. The standard InChI is InChI=1S/C46H88ClNO/c1-3-5-7-9-11-13-15-17-19-21-23-25-27-29-31-33-35-37-39-41-43-48(46(49)45-47)44-42-40-38-36-34-32-30-28-26-24-22-20-18-16-14-12-10-8-6-4-2/h41-44H,3-40,45H2,1-2H3. The van der Waals surface area contributed by atoms with E-state index in [9.17, 15) is 4.79 Å². The van der Waals surface area contributed by atoms with Crippen LogP contribution >= 0.6 is 11.6 Å². The lowest BCUT2D eigenvalue weighted by Gasteiger charge is -2.11. The molecule has 0 aromatic heterocycles. The molecule has 0 atom stereocenters. The van der Waals surface area contributed by atoms with E-state index in [4.69, 9.17) is 11.6 Å². The fourth-order valence-corrected chi connectivity index (χ4v) is 7.13. The van der Waals surface area contributed by atoms with Crippen LogP contribution in [0.25, 0.3) is 0 Å². The molecule has 0 N–H and O–H groups in total. The third kappa shape index (κ3) is 39.9. The maximum absolute atomic E-state index is 12.3. The molecular weight excluding hydrogens is 618 g/mol. The van der Waals surface area contributed by atoms with E-state index in [1.54, 1.807) is 4.90 Å². The highest BCUT2D eigenvalue weighted by Gasteiger charge is 2.05.